The number of sulfonamides is 1. The lowest BCUT2D eigenvalue weighted by atomic mass is 10.0. The summed E-state index contributed by atoms with van der Waals surface area (Å²) in [5, 5.41) is 0.422. The summed E-state index contributed by atoms with van der Waals surface area (Å²) in [4.78, 5) is 25.1. The highest BCUT2D eigenvalue weighted by molar-refractivity contribution is 7.89. The van der Waals surface area contributed by atoms with Crippen LogP contribution in [0.4, 0.5) is 0 Å². The average molecular weight is 436 g/mol. The molecule has 154 valence electrons. The van der Waals surface area contributed by atoms with Crippen molar-refractivity contribution in [3.05, 3.63) is 64.2 Å². The van der Waals surface area contributed by atoms with Crippen LogP contribution in [0.3, 0.4) is 0 Å². The van der Waals surface area contributed by atoms with Gasteiger partial charge in [-0.15, -0.1) is 0 Å². The number of hydrogen-bond acceptors (Lipinski definition) is 5. The van der Waals surface area contributed by atoms with E-state index in [1.165, 1.54) is 24.3 Å². The third kappa shape index (κ3) is 4.69. The number of rotatable bonds is 6. The molecular formula is C21H22ClNO5S. The minimum Gasteiger partial charge on any atom is -0.456 e. The summed E-state index contributed by atoms with van der Waals surface area (Å²) in [6.45, 7) is 3.48. The Hall–Kier alpha value is -2.22. The first-order chi connectivity index (χ1) is 13.7. The van der Waals surface area contributed by atoms with Gasteiger partial charge in [-0.05, 0) is 62.6 Å². The topological polar surface area (TPSA) is 80.8 Å². The summed E-state index contributed by atoms with van der Waals surface area (Å²) in [6, 6.07) is 10.3. The SMILES string of the molecule is Cc1ccc(C)c(C(=O)COC(=O)[C@@H]2CCCN2S(=O)(=O)c2ccc(Cl)cc2)c1. The van der Waals surface area contributed by atoms with E-state index >= 15 is 0 Å². The van der Waals surface area contributed by atoms with Gasteiger partial charge in [0.2, 0.25) is 15.8 Å². The van der Waals surface area contributed by atoms with Gasteiger partial charge in [0, 0.05) is 17.1 Å². The molecule has 1 heterocycles. The van der Waals surface area contributed by atoms with E-state index < -0.39 is 28.6 Å². The minimum atomic E-state index is -3.86. The molecule has 0 amide bonds. The van der Waals surface area contributed by atoms with E-state index in [9.17, 15) is 18.0 Å². The van der Waals surface area contributed by atoms with Crippen LogP contribution < -0.4 is 0 Å². The van der Waals surface area contributed by atoms with E-state index in [2.05, 4.69) is 0 Å². The number of halogens is 1. The molecule has 2 aromatic carbocycles. The average Bonchev–Trinajstić information content (AvgIpc) is 3.19. The Bertz CT molecular complexity index is 1030. The standard InChI is InChI=1S/C21H22ClNO5S/c1-14-5-6-15(2)18(12-14)20(24)13-28-21(25)19-4-3-11-23(19)29(26,27)17-9-7-16(22)8-10-17/h5-10,12,19H,3-4,11,13H2,1-2H3/t19-/m0/s1. The van der Waals surface area contributed by atoms with Crippen LogP contribution in [0.25, 0.3) is 0 Å². The fourth-order valence-corrected chi connectivity index (χ4v) is 5.12. The summed E-state index contributed by atoms with van der Waals surface area (Å²) in [7, 11) is -3.86. The van der Waals surface area contributed by atoms with Crippen LogP contribution >= 0.6 is 11.6 Å². The molecule has 0 radical (unpaired) electrons. The van der Waals surface area contributed by atoms with Crippen molar-refractivity contribution in [2.45, 2.75) is 37.6 Å². The molecule has 0 aromatic heterocycles. The first kappa shape index (κ1) is 21.5. The molecule has 0 N–H and O–H groups in total. The van der Waals surface area contributed by atoms with Crippen LogP contribution in [0.5, 0.6) is 0 Å². The maximum Gasteiger partial charge on any atom is 0.324 e. The van der Waals surface area contributed by atoms with Gasteiger partial charge in [-0.2, -0.15) is 4.31 Å². The molecule has 3 rings (SSSR count). The third-order valence-corrected chi connectivity index (χ3v) is 7.11. The molecule has 0 bridgehead atoms. The van der Waals surface area contributed by atoms with Crippen molar-refractivity contribution in [3.8, 4) is 0 Å². The number of ether oxygens (including phenoxy) is 1. The Labute approximate surface area is 175 Å². The lowest BCUT2D eigenvalue weighted by Gasteiger charge is -2.22. The lowest BCUT2D eigenvalue weighted by molar-refractivity contribution is -0.146. The van der Waals surface area contributed by atoms with Crippen molar-refractivity contribution < 1.29 is 22.7 Å². The molecule has 1 aliphatic rings. The number of hydrogen-bond donors (Lipinski definition) is 0. The van der Waals surface area contributed by atoms with Crippen molar-refractivity contribution in [2.75, 3.05) is 13.2 Å². The number of benzene rings is 2. The number of Topliss-reactive ketones (excluding diaryl/α,β-unsaturated/α-hetero) is 1. The Balaban J connectivity index is 1.71. The van der Waals surface area contributed by atoms with E-state index in [0.29, 0.717) is 23.4 Å². The molecule has 0 saturated carbocycles. The van der Waals surface area contributed by atoms with Gasteiger partial charge < -0.3 is 4.74 Å². The number of carbonyl (C=O) groups is 2. The van der Waals surface area contributed by atoms with Crippen LogP contribution in [-0.2, 0) is 19.6 Å². The lowest BCUT2D eigenvalue weighted by Crippen LogP contribution is -2.41. The monoisotopic (exact) mass is 435 g/mol. The zero-order chi connectivity index (χ0) is 21.2. The maximum atomic E-state index is 12.9. The molecule has 8 heteroatoms. The molecule has 0 spiro atoms. The van der Waals surface area contributed by atoms with E-state index in [-0.39, 0.29) is 17.2 Å². The number of nitrogens with zero attached hydrogens (tertiary/aromatic N) is 1. The first-order valence-corrected chi connectivity index (χ1v) is 11.1. The fraction of sp³-hybridized carbons (Fsp3) is 0.333. The van der Waals surface area contributed by atoms with Crippen LogP contribution in [0.2, 0.25) is 5.02 Å². The van der Waals surface area contributed by atoms with E-state index in [1.54, 1.807) is 6.07 Å². The number of aryl methyl sites for hydroxylation is 2. The van der Waals surface area contributed by atoms with Crippen LogP contribution in [-0.4, -0.2) is 43.7 Å². The van der Waals surface area contributed by atoms with Crippen molar-refractivity contribution >= 4 is 33.4 Å². The first-order valence-electron chi connectivity index (χ1n) is 9.24. The van der Waals surface area contributed by atoms with Gasteiger partial charge in [-0.1, -0.05) is 29.3 Å². The predicted octanol–water partition coefficient (Wildman–Crippen LogP) is 3.54. The van der Waals surface area contributed by atoms with Crippen LogP contribution in [0.1, 0.15) is 34.3 Å². The Morgan fingerprint density at radius 1 is 1.14 bits per heavy atom. The number of ketones is 1. The highest BCUT2D eigenvalue weighted by atomic mass is 35.5. The fourth-order valence-electron chi connectivity index (χ4n) is 3.35. The van der Waals surface area contributed by atoms with E-state index in [0.717, 1.165) is 15.4 Å². The quantitative estimate of drug-likeness (QED) is 0.512. The summed E-state index contributed by atoms with van der Waals surface area (Å²) in [5.74, 6) is -1.02. The molecular weight excluding hydrogens is 414 g/mol. The largest absolute Gasteiger partial charge is 0.456 e. The number of carbonyl (C=O) groups excluding carboxylic acids is 2. The van der Waals surface area contributed by atoms with E-state index in [4.69, 9.17) is 16.3 Å². The minimum absolute atomic E-state index is 0.0630. The maximum absolute atomic E-state index is 12.9. The van der Waals surface area contributed by atoms with Gasteiger partial charge >= 0.3 is 5.97 Å². The molecule has 6 nitrogen and oxygen atoms in total. The van der Waals surface area contributed by atoms with Crippen LogP contribution in [0.15, 0.2) is 47.4 Å². The second kappa shape index (κ2) is 8.65. The van der Waals surface area contributed by atoms with Crippen molar-refractivity contribution in [2.24, 2.45) is 0 Å². The second-order valence-electron chi connectivity index (χ2n) is 7.08. The molecule has 2 aromatic rings. The molecule has 29 heavy (non-hydrogen) atoms. The van der Waals surface area contributed by atoms with Crippen LogP contribution in [0, 0.1) is 13.8 Å². The zero-order valence-electron chi connectivity index (χ0n) is 16.2. The molecule has 1 saturated heterocycles. The summed E-state index contributed by atoms with van der Waals surface area (Å²) >= 11 is 5.83. The zero-order valence-corrected chi connectivity index (χ0v) is 17.8. The molecule has 1 atom stereocenters. The Morgan fingerprint density at radius 3 is 2.52 bits per heavy atom. The molecule has 1 aliphatic heterocycles. The Kier molecular flexibility index (Phi) is 6.41. The summed E-state index contributed by atoms with van der Waals surface area (Å²) < 4.78 is 32.2. The molecule has 1 fully saturated rings. The van der Waals surface area contributed by atoms with Gasteiger partial charge in [0.05, 0.1) is 4.90 Å². The van der Waals surface area contributed by atoms with Gasteiger partial charge in [0.1, 0.15) is 6.04 Å². The van der Waals surface area contributed by atoms with Gasteiger partial charge in [-0.25, -0.2) is 8.42 Å². The normalized spacial score (nSPS) is 17.3. The van der Waals surface area contributed by atoms with Crippen molar-refractivity contribution in [1.29, 1.82) is 0 Å². The third-order valence-electron chi connectivity index (χ3n) is 4.93. The van der Waals surface area contributed by atoms with Crippen molar-refractivity contribution in [3.63, 3.8) is 0 Å². The summed E-state index contributed by atoms with van der Waals surface area (Å²) in [5.41, 5.74) is 2.22. The number of esters is 1. The predicted molar refractivity (Wildman–Crippen MR) is 110 cm³/mol. The van der Waals surface area contributed by atoms with Crippen molar-refractivity contribution in [1.82, 2.24) is 4.31 Å². The smallest absolute Gasteiger partial charge is 0.324 e. The molecule has 0 aliphatic carbocycles. The summed E-state index contributed by atoms with van der Waals surface area (Å²) in [6.07, 6.45) is 0.890. The molecule has 0 unspecified atom stereocenters. The van der Waals surface area contributed by atoms with E-state index in [1.807, 2.05) is 26.0 Å². The highest BCUT2D eigenvalue weighted by Gasteiger charge is 2.40. The highest BCUT2D eigenvalue weighted by Crippen LogP contribution is 2.27. The van der Waals surface area contributed by atoms with Gasteiger partial charge in [-0.3, -0.25) is 9.59 Å². The second-order valence-corrected chi connectivity index (χ2v) is 9.40. The van der Waals surface area contributed by atoms with Gasteiger partial charge in [0.15, 0.2) is 6.61 Å². The Morgan fingerprint density at radius 2 is 1.83 bits per heavy atom. The van der Waals surface area contributed by atoms with Gasteiger partial charge in [0.25, 0.3) is 0 Å².